The minimum Gasteiger partial charge on any atom is -0.478 e. The van der Waals surface area contributed by atoms with Crippen LogP contribution in [0, 0.1) is 5.92 Å². The molecular weight excluding hydrogens is 408 g/mol. The molecule has 0 spiro atoms. The van der Waals surface area contributed by atoms with Crippen LogP contribution in [0.25, 0.3) is 11.1 Å². The van der Waals surface area contributed by atoms with E-state index in [2.05, 4.69) is 34.9 Å². The molecule has 2 amide bonds. The summed E-state index contributed by atoms with van der Waals surface area (Å²) < 4.78 is 5.57. The van der Waals surface area contributed by atoms with Crippen LogP contribution in [0.1, 0.15) is 37.3 Å². The van der Waals surface area contributed by atoms with Gasteiger partial charge in [0.25, 0.3) is 0 Å². The summed E-state index contributed by atoms with van der Waals surface area (Å²) in [5.41, 5.74) is 4.59. The third-order valence-electron chi connectivity index (χ3n) is 5.53. The molecule has 0 fully saturated rings. The zero-order valence-electron chi connectivity index (χ0n) is 18.2. The topological polar surface area (TPSA) is 105 Å². The van der Waals surface area contributed by atoms with E-state index >= 15 is 0 Å². The van der Waals surface area contributed by atoms with E-state index in [9.17, 15) is 14.4 Å². The van der Waals surface area contributed by atoms with E-state index in [0.717, 1.165) is 28.3 Å². The van der Waals surface area contributed by atoms with Crippen molar-refractivity contribution < 1.29 is 24.2 Å². The van der Waals surface area contributed by atoms with Crippen LogP contribution >= 0.6 is 0 Å². The Morgan fingerprint density at radius 2 is 1.62 bits per heavy atom. The molecule has 168 valence electrons. The maximum Gasteiger partial charge on any atom is 0.407 e. The Balaban J connectivity index is 1.56. The zero-order chi connectivity index (χ0) is 23.1. The lowest BCUT2D eigenvalue weighted by Crippen LogP contribution is -2.42. The van der Waals surface area contributed by atoms with E-state index in [0.29, 0.717) is 0 Å². The number of hydrogen-bond acceptors (Lipinski definition) is 4. The third-order valence-corrected chi connectivity index (χ3v) is 5.53. The van der Waals surface area contributed by atoms with Crippen LogP contribution in [0.3, 0.4) is 0 Å². The van der Waals surface area contributed by atoms with Gasteiger partial charge in [-0.05, 0) is 28.2 Å². The summed E-state index contributed by atoms with van der Waals surface area (Å²) in [6.07, 6.45) is 1.82. The Morgan fingerprint density at radius 3 is 2.19 bits per heavy atom. The number of hydrogen-bond donors (Lipinski definition) is 3. The van der Waals surface area contributed by atoms with Crippen LogP contribution < -0.4 is 10.6 Å². The molecule has 7 nitrogen and oxygen atoms in total. The Labute approximate surface area is 187 Å². The van der Waals surface area contributed by atoms with Gasteiger partial charge < -0.3 is 20.5 Å². The maximum absolute atomic E-state index is 12.5. The number of carbonyl (C=O) groups is 3. The molecule has 0 radical (unpaired) electrons. The van der Waals surface area contributed by atoms with Gasteiger partial charge in [0.05, 0.1) is 0 Å². The Bertz CT molecular complexity index is 969. The fraction of sp³-hybridized carbons (Fsp3) is 0.320. The molecule has 0 aliphatic heterocycles. The van der Waals surface area contributed by atoms with Crippen molar-refractivity contribution in [2.75, 3.05) is 13.2 Å². The van der Waals surface area contributed by atoms with Crippen LogP contribution in [0.4, 0.5) is 4.79 Å². The van der Waals surface area contributed by atoms with Crippen molar-refractivity contribution in [2.24, 2.45) is 5.92 Å². The first-order chi connectivity index (χ1) is 15.4. The summed E-state index contributed by atoms with van der Waals surface area (Å²) in [4.78, 5) is 35.1. The first-order valence-corrected chi connectivity index (χ1v) is 10.6. The first kappa shape index (κ1) is 23.1. The summed E-state index contributed by atoms with van der Waals surface area (Å²) in [5, 5.41) is 14.0. The summed E-state index contributed by atoms with van der Waals surface area (Å²) >= 11 is 0. The fourth-order valence-corrected chi connectivity index (χ4v) is 3.85. The van der Waals surface area contributed by atoms with Gasteiger partial charge in [-0.1, -0.05) is 68.5 Å². The van der Waals surface area contributed by atoms with Gasteiger partial charge in [-0.2, -0.15) is 0 Å². The van der Waals surface area contributed by atoms with E-state index in [1.54, 1.807) is 0 Å². The van der Waals surface area contributed by atoms with Crippen molar-refractivity contribution in [3.05, 3.63) is 71.8 Å². The highest BCUT2D eigenvalue weighted by Gasteiger charge is 2.29. The number of fused-ring (bicyclic) bond motifs is 3. The van der Waals surface area contributed by atoms with E-state index in [-0.39, 0.29) is 37.3 Å². The smallest absolute Gasteiger partial charge is 0.407 e. The van der Waals surface area contributed by atoms with Gasteiger partial charge in [0.1, 0.15) is 6.61 Å². The average Bonchev–Trinajstić information content (AvgIpc) is 3.08. The molecule has 0 heterocycles. The molecular formula is C25H28N2O5. The highest BCUT2D eigenvalue weighted by atomic mass is 16.5. The van der Waals surface area contributed by atoms with Crippen molar-refractivity contribution in [1.29, 1.82) is 0 Å². The molecule has 1 unspecified atom stereocenters. The SMILES string of the molecule is CC(C)C(CC(=O)NC/C=C/C(=O)O)NC(=O)OCC1c2ccccc2-c2ccccc21. The average molecular weight is 437 g/mol. The van der Waals surface area contributed by atoms with Crippen molar-refractivity contribution in [2.45, 2.75) is 32.2 Å². The van der Waals surface area contributed by atoms with E-state index < -0.39 is 18.1 Å². The highest BCUT2D eigenvalue weighted by Crippen LogP contribution is 2.44. The number of ether oxygens (including phenoxy) is 1. The summed E-state index contributed by atoms with van der Waals surface area (Å²) in [6, 6.07) is 15.8. The predicted molar refractivity (Wildman–Crippen MR) is 121 cm³/mol. The largest absolute Gasteiger partial charge is 0.478 e. The monoisotopic (exact) mass is 436 g/mol. The van der Waals surface area contributed by atoms with E-state index in [4.69, 9.17) is 9.84 Å². The van der Waals surface area contributed by atoms with Gasteiger partial charge >= 0.3 is 12.1 Å². The number of rotatable bonds is 9. The van der Waals surface area contributed by atoms with Gasteiger partial charge in [-0.15, -0.1) is 0 Å². The second-order valence-corrected chi connectivity index (χ2v) is 8.07. The molecule has 1 aliphatic rings. The molecule has 3 N–H and O–H groups in total. The Kier molecular flexibility index (Phi) is 7.65. The molecule has 32 heavy (non-hydrogen) atoms. The Morgan fingerprint density at radius 1 is 1.03 bits per heavy atom. The second kappa shape index (κ2) is 10.6. The van der Waals surface area contributed by atoms with Crippen LogP contribution in [0.2, 0.25) is 0 Å². The minimum absolute atomic E-state index is 0.00999. The third kappa shape index (κ3) is 5.75. The van der Waals surface area contributed by atoms with Crippen molar-refractivity contribution in [1.82, 2.24) is 10.6 Å². The summed E-state index contributed by atoms with van der Waals surface area (Å²) in [6.45, 7) is 4.13. The van der Waals surface area contributed by atoms with Gasteiger partial charge in [0.15, 0.2) is 0 Å². The molecule has 3 rings (SSSR count). The number of benzene rings is 2. The zero-order valence-corrected chi connectivity index (χ0v) is 18.2. The molecule has 1 aliphatic carbocycles. The summed E-state index contributed by atoms with van der Waals surface area (Å²) in [5.74, 6) is -1.38. The standard InChI is InChI=1S/C25H28N2O5/c1-16(2)22(14-23(28)26-13-7-12-24(29)30)27-25(31)32-15-21-19-10-5-3-8-17(19)18-9-4-6-11-20(18)21/h3-12,16,21-22H,13-15H2,1-2H3,(H,26,28)(H,27,31)(H,29,30)/b12-7+. The molecule has 2 aromatic carbocycles. The maximum atomic E-state index is 12.5. The number of aliphatic carboxylic acids is 1. The number of carbonyl (C=O) groups excluding carboxylic acids is 2. The minimum atomic E-state index is -1.07. The lowest BCUT2D eigenvalue weighted by atomic mass is 9.98. The molecule has 2 aromatic rings. The lowest BCUT2D eigenvalue weighted by Gasteiger charge is -2.22. The predicted octanol–water partition coefficient (Wildman–Crippen LogP) is 3.70. The first-order valence-electron chi connectivity index (χ1n) is 10.6. The van der Waals surface area contributed by atoms with E-state index in [1.165, 1.54) is 6.08 Å². The van der Waals surface area contributed by atoms with Crippen LogP contribution in [0.15, 0.2) is 60.7 Å². The molecule has 0 saturated carbocycles. The highest BCUT2D eigenvalue weighted by molar-refractivity contribution is 5.81. The molecule has 0 aromatic heterocycles. The fourth-order valence-electron chi connectivity index (χ4n) is 3.85. The number of alkyl carbamates (subject to hydrolysis) is 1. The molecule has 0 bridgehead atoms. The number of nitrogens with one attached hydrogen (secondary N) is 2. The molecule has 7 heteroatoms. The van der Waals surface area contributed by atoms with Crippen LogP contribution in [-0.2, 0) is 14.3 Å². The van der Waals surface area contributed by atoms with Gasteiger partial charge in [0.2, 0.25) is 5.91 Å². The van der Waals surface area contributed by atoms with Crippen LogP contribution in [0.5, 0.6) is 0 Å². The quantitative estimate of drug-likeness (QED) is 0.520. The molecule has 0 saturated heterocycles. The van der Waals surface area contributed by atoms with Gasteiger partial charge in [0, 0.05) is 31.0 Å². The molecule has 1 atom stereocenters. The lowest BCUT2D eigenvalue weighted by molar-refractivity contribution is -0.131. The number of amides is 2. The summed E-state index contributed by atoms with van der Waals surface area (Å²) in [7, 11) is 0. The van der Waals surface area contributed by atoms with Gasteiger partial charge in [-0.3, -0.25) is 4.79 Å². The van der Waals surface area contributed by atoms with Crippen molar-refractivity contribution in [3.8, 4) is 11.1 Å². The van der Waals surface area contributed by atoms with Crippen molar-refractivity contribution in [3.63, 3.8) is 0 Å². The van der Waals surface area contributed by atoms with Crippen molar-refractivity contribution >= 4 is 18.0 Å². The number of carboxylic acids is 1. The van der Waals surface area contributed by atoms with Crippen LogP contribution in [-0.4, -0.2) is 42.3 Å². The van der Waals surface area contributed by atoms with Gasteiger partial charge in [-0.25, -0.2) is 9.59 Å². The Hall–Kier alpha value is -3.61. The second-order valence-electron chi connectivity index (χ2n) is 8.07. The number of carboxylic acid groups (broad SMARTS) is 1. The van der Waals surface area contributed by atoms with E-state index in [1.807, 2.05) is 38.1 Å². The normalized spacial score (nSPS) is 13.5.